The van der Waals surface area contributed by atoms with Crippen LogP contribution in [0.25, 0.3) is 0 Å². The van der Waals surface area contributed by atoms with Gasteiger partial charge in [0, 0.05) is 13.0 Å². The fraction of sp³-hybridized carbons (Fsp3) is 0.775. The van der Waals surface area contributed by atoms with Gasteiger partial charge in [0.2, 0.25) is 5.91 Å². The average Bonchev–Trinajstić information content (AvgIpc) is 3.09. The van der Waals surface area contributed by atoms with E-state index in [1.165, 1.54) is 89.9 Å². The van der Waals surface area contributed by atoms with Gasteiger partial charge in [-0.1, -0.05) is 152 Å². The van der Waals surface area contributed by atoms with Crippen LogP contribution in [0.2, 0.25) is 0 Å². The second-order valence-electron chi connectivity index (χ2n) is 13.1. The second kappa shape index (κ2) is 36.3. The molecule has 1 amide bonds. The smallest absolute Gasteiger partial charge is 0.387 e. The fourth-order valence-electron chi connectivity index (χ4n) is 5.37. The van der Waals surface area contributed by atoms with Crippen LogP contribution >= 0.6 is 7.82 Å². The molecule has 8 nitrogen and oxygen atoms in total. The van der Waals surface area contributed by atoms with Crippen molar-refractivity contribution in [2.75, 3.05) is 19.8 Å². The third kappa shape index (κ3) is 34.7. The first-order valence-electron chi connectivity index (χ1n) is 19.8. The Labute approximate surface area is 301 Å². The van der Waals surface area contributed by atoms with Crippen molar-refractivity contribution in [3.05, 3.63) is 48.6 Å². The van der Waals surface area contributed by atoms with E-state index in [1.54, 1.807) is 6.08 Å². The Morgan fingerprint density at radius 3 is 1.63 bits per heavy atom. The van der Waals surface area contributed by atoms with Crippen LogP contribution in [0, 0.1) is 0 Å². The molecule has 0 aromatic carbocycles. The van der Waals surface area contributed by atoms with Crippen molar-refractivity contribution in [1.82, 2.24) is 5.32 Å². The third-order valence-electron chi connectivity index (χ3n) is 8.40. The quantitative estimate of drug-likeness (QED) is 0.0289. The van der Waals surface area contributed by atoms with Crippen molar-refractivity contribution in [3.63, 3.8) is 0 Å². The van der Waals surface area contributed by atoms with E-state index in [4.69, 9.17) is 14.8 Å². The standard InChI is InChI=1S/C40H75N2O6P/c1-3-5-7-9-11-12-13-14-15-16-17-18-19-20-21-22-23-24-25-26-28-30-32-34-40(44)42-38(37-48-49(45,46)47-36-35-41)39(43)33-31-29-27-10-8-6-4-2/h13-14,16-17,19-20,31,33,38-39,43H,3-12,15,18,21-30,32,34-37,41H2,1-2H3,(H,42,44)(H,45,46)/b14-13-,17-16-,20-19-,33-31+. The second-order valence-corrected chi connectivity index (χ2v) is 14.6. The first-order chi connectivity index (χ1) is 23.9. The average molecular weight is 711 g/mol. The molecule has 0 aromatic heterocycles. The summed E-state index contributed by atoms with van der Waals surface area (Å²) in [5, 5.41) is 13.5. The van der Waals surface area contributed by atoms with Gasteiger partial charge in [0.05, 0.1) is 25.4 Å². The summed E-state index contributed by atoms with van der Waals surface area (Å²) >= 11 is 0. The molecule has 0 aliphatic carbocycles. The molecule has 0 saturated carbocycles. The summed E-state index contributed by atoms with van der Waals surface area (Å²) in [6, 6.07) is -0.862. The molecule has 49 heavy (non-hydrogen) atoms. The Morgan fingerprint density at radius 1 is 0.673 bits per heavy atom. The Kier molecular flexibility index (Phi) is 35.1. The van der Waals surface area contributed by atoms with Crippen LogP contribution in [0.3, 0.4) is 0 Å². The molecule has 0 aromatic rings. The van der Waals surface area contributed by atoms with Crippen molar-refractivity contribution in [3.8, 4) is 0 Å². The Balaban J connectivity index is 4.08. The lowest BCUT2D eigenvalue weighted by molar-refractivity contribution is -0.123. The van der Waals surface area contributed by atoms with E-state index in [2.05, 4.69) is 55.6 Å². The van der Waals surface area contributed by atoms with Gasteiger partial charge in [-0.25, -0.2) is 4.57 Å². The number of phosphoric ester groups is 1. The lowest BCUT2D eigenvalue weighted by Crippen LogP contribution is -2.45. The topological polar surface area (TPSA) is 131 Å². The molecule has 0 heterocycles. The maximum atomic E-state index is 12.7. The number of phosphoric acid groups is 1. The molecular weight excluding hydrogens is 635 g/mol. The zero-order chi connectivity index (χ0) is 36.1. The molecule has 9 heteroatoms. The van der Waals surface area contributed by atoms with Crippen molar-refractivity contribution in [2.24, 2.45) is 5.73 Å². The van der Waals surface area contributed by atoms with E-state index in [1.807, 2.05) is 6.08 Å². The predicted octanol–water partition coefficient (Wildman–Crippen LogP) is 10.6. The minimum Gasteiger partial charge on any atom is -0.387 e. The highest BCUT2D eigenvalue weighted by molar-refractivity contribution is 7.47. The summed E-state index contributed by atoms with van der Waals surface area (Å²) in [4.78, 5) is 22.5. The van der Waals surface area contributed by atoms with Crippen LogP contribution in [0.1, 0.15) is 168 Å². The number of nitrogens with two attached hydrogens (primary N) is 1. The zero-order valence-corrected chi connectivity index (χ0v) is 32.3. The van der Waals surface area contributed by atoms with Gasteiger partial charge in [-0.05, 0) is 57.8 Å². The SMILES string of the molecule is CCCCCCC/C=C\C/C=C\C/C=C\CCCCCCCCCCC(=O)NC(COP(=O)(O)OCCN)C(O)/C=C/CCCCCCC. The Hall–Kier alpha value is -1.54. The van der Waals surface area contributed by atoms with E-state index >= 15 is 0 Å². The number of aliphatic hydroxyl groups excluding tert-OH is 1. The molecule has 0 aliphatic heterocycles. The molecule has 286 valence electrons. The molecule has 0 saturated heterocycles. The highest BCUT2D eigenvalue weighted by Crippen LogP contribution is 2.43. The van der Waals surface area contributed by atoms with Crippen LogP contribution in [-0.2, 0) is 18.4 Å². The number of carbonyl (C=O) groups is 1. The maximum absolute atomic E-state index is 12.7. The monoisotopic (exact) mass is 711 g/mol. The van der Waals surface area contributed by atoms with Gasteiger partial charge in [0.1, 0.15) is 0 Å². The third-order valence-corrected chi connectivity index (χ3v) is 9.38. The van der Waals surface area contributed by atoms with Crippen molar-refractivity contribution in [1.29, 1.82) is 0 Å². The molecular formula is C40H75N2O6P. The number of hydrogen-bond donors (Lipinski definition) is 4. The van der Waals surface area contributed by atoms with Gasteiger partial charge in [-0.3, -0.25) is 13.8 Å². The number of nitrogens with one attached hydrogen (secondary N) is 1. The van der Waals surface area contributed by atoms with Gasteiger partial charge < -0.3 is 21.1 Å². The Morgan fingerprint density at radius 2 is 1.12 bits per heavy atom. The van der Waals surface area contributed by atoms with Crippen molar-refractivity contribution >= 4 is 13.7 Å². The molecule has 0 bridgehead atoms. The van der Waals surface area contributed by atoms with E-state index in [0.29, 0.717) is 6.42 Å². The fourth-order valence-corrected chi connectivity index (χ4v) is 6.13. The molecule has 0 radical (unpaired) electrons. The first kappa shape index (κ1) is 47.5. The molecule has 0 spiro atoms. The van der Waals surface area contributed by atoms with Crippen LogP contribution in [0.4, 0.5) is 0 Å². The van der Waals surface area contributed by atoms with E-state index in [9.17, 15) is 19.4 Å². The number of hydrogen-bond acceptors (Lipinski definition) is 6. The first-order valence-corrected chi connectivity index (χ1v) is 21.3. The summed E-state index contributed by atoms with van der Waals surface area (Å²) in [6.07, 6.45) is 43.2. The van der Waals surface area contributed by atoms with Gasteiger partial charge >= 0.3 is 7.82 Å². The largest absolute Gasteiger partial charge is 0.472 e. The maximum Gasteiger partial charge on any atom is 0.472 e. The van der Waals surface area contributed by atoms with Crippen LogP contribution in [0.15, 0.2) is 48.6 Å². The van der Waals surface area contributed by atoms with Crippen molar-refractivity contribution in [2.45, 2.75) is 180 Å². The molecule has 5 N–H and O–H groups in total. The molecule has 3 atom stereocenters. The zero-order valence-electron chi connectivity index (χ0n) is 31.4. The lowest BCUT2D eigenvalue weighted by Gasteiger charge is -2.23. The van der Waals surface area contributed by atoms with Gasteiger partial charge in [0.25, 0.3) is 0 Å². The van der Waals surface area contributed by atoms with Crippen LogP contribution in [0.5, 0.6) is 0 Å². The number of carbonyl (C=O) groups excluding carboxylic acids is 1. The number of amides is 1. The Bertz CT molecular complexity index is 907. The summed E-state index contributed by atoms with van der Waals surface area (Å²) in [6.45, 7) is 4.04. The molecule has 3 unspecified atom stereocenters. The summed E-state index contributed by atoms with van der Waals surface area (Å²) in [5.74, 6) is -0.208. The highest BCUT2D eigenvalue weighted by Gasteiger charge is 2.26. The highest BCUT2D eigenvalue weighted by atomic mass is 31.2. The number of unbranched alkanes of at least 4 members (excludes halogenated alkanes) is 18. The van der Waals surface area contributed by atoms with Gasteiger partial charge in [-0.15, -0.1) is 0 Å². The van der Waals surface area contributed by atoms with E-state index < -0.39 is 20.0 Å². The van der Waals surface area contributed by atoms with Crippen molar-refractivity contribution < 1.29 is 28.4 Å². The number of allylic oxidation sites excluding steroid dienone is 7. The minimum absolute atomic E-state index is 0.0750. The van der Waals surface area contributed by atoms with Crippen LogP contribution in [-0.4, -0.2) is 47.8 Å². The van der Waals surface area contributed by atoms with E-state index in [0.717, 1.165) is 57.8 Å². The minimum atomic E-state index is -4.33. The number of rotatable bonds is 36. The lowest BCUT2D eigenvalue weighted by atomic mass is 10.1. The molecule has 0 aliphatic rings. The van der Waals surface area contributed by atoms with Gasteiger partial charge in [0.15, 0.2) is 0 Å². The summed E-state index contributed by atoms with van der Waals surface area (Å²) < 4.78 is 21.9. The molecule has 0 fully saturated rings. The summed E-state index contributed by atoms with van der Waals surface area (Å²) in [5.41, 5.74) is 5.34. The normalized spacial score (nSPS) is 14.8. The molecule has 0 rings (SSSR count). The number of aliphatic hydroxyl groups is 1. The van der Waals surface area contributed by atoms with Crippen LogP contribution < -0.4 is 11.1 Å². The van der Waals surface area contributed by atoms with E-state index in [-0.39, 0.29) is 25.7 Å². The summed E-state index contributed by atoms with van der Waals surface area (Å²) in [7, 11) is -4.33. The predicted molar refractivity (Wildman–Crippen MR) is 207 cm³/mol. The van der Waals surface area contributed by atoms with Gasteiger partial charge in [-0.2, -0.15) is 0 Å².